The molecule has 0 N–H and O–H groups in total. The lowest BCUT2D eigenvalue weighted by Crippen LogP contribution is -2.31. The molecule has 2 aromatic carbocycles. The summed E-state index contributed by atoms with van der Waals surface area (Å²) in [4.78, 5) is 14.9. The Kier molecular flexibility index (Phi) is 5.40. The Bertz CT molecular complexity index is 794. The van der Waals surface area contributed by atoms with Crippen LogP contribution in [-0.4, -0.2) is 31.6 Å². The molecule has 1 heterocycles. The highest BCUT2D eigenvalue weighted by molar-refractivity contribution is 6.35. The second kappa shape index (κ2) is 7.54. The quantitative estimate of drug-likeness (QED) is 0.750. The van der Waals surface area contributed by atoms with Gasteiger partial charge in [-0.05, 0) is 49.2 Å². The van der Waals surface area contributed by atoms with Gasteiger partial charge in [0, 0.05) is 17.1 Å². The summed E-state index contributed by atoms with van der Waals surface area (Å²) in [7, 11) is 3.25. The molecule has 6 heteroatoms. The summed E-state index contributed by atoms with van der Waals surface area (Å²) in [5.41, 5.74) is 1.36. The van der Waals surface area contributed by atoms with Gasteiger partial charge in [-0.3, -0.25) is 4.79 Å². The van der Waals surface area contributed by atoms with Crippen LogP contribution in [0.3, 0.4) is 0 Å². The zero-order chi connectivity index (χ0) is 18.0. The number of rotatable bonds is 4. The largest absolute Gasteiger partial charge is 0.497 e. The Balaban J connectivity index is 1.98. The number of carbonyl (C=O) groups excluding carboxylic acids is 1. The average molecular weight is 380 g/mol. The minimum Gasteiger partial charge on any atom is -0.497 e. The van der Waals surface area contributed by atoms with Crippen molar-refractivity contribution in [2.24, 2.45) is 0 Å². The molecule has 1 aliphatic rings. The minimum absolute atomic E-state index is 0.0902. The lowest BCUT2D eigenvalue weighted by Gasteiger charge is -2.27. The number of hydrogen-bond acceptors (Lipinski definition) is 3. The van der Waals surface area contributed by atoms with Gasteiger partial charge in [0.15, 0.2) is 0 Å². The Labute approximate surface area is 157 Å². The molecule has 0 radical (unpaired) electrons. The molecule has 1 amide bonds. The molecule has 1 saturated heterocycles. The van der Waals surface area contributed by atoms with Crippen LogP contribution in [0.1, 0.15) is 34.8 Å². The van der Waals surface area contributed by atoms with Gasteiger partial charge in [-0.25, -0.2) is 0 Å². The highest BCUT2D eigenvalue weighted by Crippen LogP contribution is 2.40. The van der Waals surface area contributed by atoms with E-state index in [-0.39, 0.29) is 11.9 Å². The van der Waals surface area contributed by atoms with E-state index in [9.17, 15) is 4.79 Å². The fourth-order valence-electron chi connectivity index (χ4n) is 3.25. The second-order valence-corrected chi connectivity index (χ2v) is 6.73. The van der Waals surface area contributed by atoms with E-state index in [1.165, 1.54) is 0 Å². The molecule has 0 aromatic heterocycles. The van der Waals surface area contributed by atoms with Crippen LogP contribution in [0.5, 0.6) is 11.5 Å². The maximum Gasteiger partial charge on any atom is 0.255 e. The van der Waals surface area contributed by atoms with Crippen LogP contribution in [0.4, 0.5) is 0 Å². The molecule has 0 spiro atoms. The van der Waals surface area contributed by atoms with Gasteiger partial charge >= 0.3 is 0 Å². The number of methoxy groups -OCH3 is 2. The van der Waals surface area contributed by atoms with Crippen LogP contribution in [0.15, 0.2) is 36.4 Å². The average Bonchev–Trinajstić information content (AvgIpc) is 3.12. The SMILES string of the molecule is COc1ccc(OC)c([C@H]2CCCN2C(=O)c2cc(Cl)ccc2Cl)c1. The number of benzene rings is 2. The zero-order valence-corrected chi connectivity index (χ0v) is 15.6. The van der Waals surface area contributed by atoms with Crippen LogP contribution in [0.2, 0.25) is 10.0 Å². The lowest BCUT2D eigenvalue weighted by molar-refractivity contribution is 0.0734. The molecule has 1 atom stereocenters. The third-order valence-electron chi connectivity index (χ3n) is 4.47. The van der Waals surface area contributed by atoms with E-state index in [2.05, 4.69) is 0 Å². The maximum atomic E-state index is 13.1. The molecular formula is C19H19Cl2NO3. The van der Waals surface area contributed by atoms with E-state index in [1.54, 1.807) is 32.4 Å². The van der Waals surface area contributed by atoms with Gasteiger partial charge in [0.25, 0.3) is 5.91 Å². The molecule has 3 rings (SSSR count). The number of hydrogen-bond donors (Lipinski definition) is 0. The summed E-state index contributed by atoms with van der Waals surface area (Å²) >= 11 is 12.3. The van der Waals surface area contributed by atoms with Crippen LogP contribution in [-0.2, 0) is 0 Å². The van der Waals surface area contributed by atoms with Crippen LogP contribution in [0.25, 0.3) is 0 Å². The van der Waals surface area contributed by atoms with Crippen molar-refractivity contribution in [1.82, 2.24) is 4.90 Å². The first-order valence-corrected chi connectivity index (χ1v) is 8.78. The molecule has 1 fully saturated rings. The summed E-state index contributed by atoms with van der Waals surface area (Å²) in [6, 6.07) is 10.5. The highest BCUT2D eigenvalue weighted by Gasteiger charge is 2.33. The van der Waals surface area contributed by atoms with Gasteiger partial charge in [0.1, 0.15) is 11.5 Å². The number of amides is 1. The van der Waals surface area contributed by atoms with Gasteiger partial charge in [-0.2, -0.15) is 0 Å². The van der Waals surface area contributed by atoms with Crippen molar-refractivity contribution < 1.29 is 14.3 Å². The van der Waals surface area contributed by atoms with Gasteiger partial charge in [0.2, 0.25) is 0 Å². The maximum absolute atomic E-state index is 13.1. The lowest BCUT2D eigenvalue weighted by atomic mass is 10.0. The number of carbonyl (C=O) groups is 1. The molecule has 1 aliphatic heterocycles. The Morgan fingerprint density at radius 1 is 1.12 bits per heavy atom. The van der Waals surface area contributed by atoms with E-state index < -0.39 is 0 Å². The third kappa shape index (κ3) is 3.55. The molecule has 0 aliphatic carbocycles. The fraction of sp³-hybridized carbons (Fsp3) is 0.316. The second-order valence-electron chi connectivity index (χ2n) is 5.89. The standard InChI is InChI=1S/C19H19Cl2NO3/c1-24-13-6-8-18(25-2)15(11-13)17-4-3-9-22(17)19(23)14-10-12(20)5-7-16(14)21/h5-8,10-11,17H,3-4,9H2,1-2H3/t17-/m1/s1. The number of nitrogens with zero attached hydrogens (tertiary/aromatic N) is 1. The first-order chi connectivity index (χ1) is 12.0. The Hall–Kier alpha value is -1.91. The van der Waals surface area contributed by atoms with Crippen molar-refractivity contribution in [3.05, 3.63) is 57.6 Å². The van der Waals surface area contributed by atoms with Gasteiger partial charge < -0.3 is 14.4 Å². The predicted molar refractivity (Wildman–Crippen MR) is 99.0 cm³/mol. The molecule has 0 bridgehead atoms. The van der Waals surface area contributed by atoms with Crippen molar-refractivity contribution in [1.29, 1.82) is 0 Å². The van der Waals surface area contributed by atoms with E-state index in [4.69, 9.17) is 32.7 Å². The van der Waals surface area contributed by atoms with Gasteiger partial charge in [-0.15, -0.1) is 0 Å². The molecule has 2 aromatic rings. The van der Waals surface area contributed by atoms with Crippen molar-refractivity contribution >= 4 is 29.1 Å². The topological polar surface area (TPSA) is 38.8 Å². The first-order valence-electron chi connectivity index (χ1n) is 8.03. The smallest absolute Gasteiger partial charge is 0.255 e. The Morgan fingerprint density at radius 3 is 2.64 bits per heavy atom. The number of likely N-dealkylation sites (tertiary alicyclic amines) is 1. The molecule has 4 nitrogen and oxygen atoms in total. The zero-order valence-electron chi connectivity index (χ0n) is 14.1. The van der Waals surface area contributed by atoms with Crippen LogP contribution in [0, 0.1) is 0 Å². The van der Waals surface area contributed by atoms with Crippen LogP contribution >= 0.6 is 23.2 Å². The third-order valence-corrected chi connectivity index (χ3v) is 5.03. The van der Waals surface area contributed by atoms with Crippen molar-refractivity contribution in [2.45, 2.75) is 18.9 Å². The van der Waals surface area contributed by atoms with E-state index in [0.717, 1.165) is 29.9 Å². The van der Waals surface area contributed by atoms with Gasteiger partial charge in [0.05, 0.1) is 30.8 Å². The minimum atomic E-state index is -0.125. The summed E-state index contributed by atoms with van der Waals surface area (Å²) in [5, 5.41) is 0.889. The van der Waals surface area contributed by atoms with E-state index in [0.29, 0.717) is 22.2 Å². The van der Waals surface area contributed by atoms with Crippen LogP contribution < -0.4 is 9.47 Å². The number of ether oxygens (including phenoxy) is 2. The monoisotopic (exact) mass is 379 g/mol. The normalized spacial score (nSPS) is 16.8. The van der Waals surface area contributed by atoms with Gasteiger partial charge in [-0.1, -0.05) is 23.2 Å². The predicted octanol–water partition coefficient (Wildman–Crippen LogP) is 4.99. The summed E-state index contributed by atoms with van der Waals surface area (Å²) in [6.07, 6.45) is 1.77. The molecule has 132 valence electrons. The first kappa shape index (κ1) is 17.9. The molecule has 0 unspecified atom stereocenters. The highest BCUT2D eigenvalue weighted by atomic mass is 35.5. The molecule has 0 saturated carbocycles. The van der Waals surface area contributed by atoms with Crippen molar-refractivity contribution in [3.8, 4) is 11.5 Å². The van der Waals surface area contributed by atoms with E-state index >= 15 is 0 Å². The summed E-state index contributed by atoms with van der Waals surface area (Å²) < 4.78 is 10.8. The van der Waals surface area contributed by atoms with E-state index in [1.807, 2.05) is 23.1 Å². The fourth-order valence-corrected chi connectivity index (χ4v) is 3.62. The molecular weight excluding hydrogens is 361 g/mol. The number of halogens is 2. The van der Waals surface area contributed by atoms with Crippen molar-refractivity contribution in [2.75, 3.05) is 20.8 Å². The Morgan fingerprint density at radius 2 is 1.92 bits per heavy atom. The summed E-state index contributed by atoms with van der Waals surface area (Å²) in [5.74, 6) is 1.35. The summed E-state index contributed by atoms with van der Waals surface area (Å²) in [6.45, 7) is 0.659. The van der Waals surface area contributed by atoms with Crippen molar-refractivity contribution in [3.63, 3.8) is 0 Å². The molecule has 25 heavy (non-hydrogen) atoms.